The minimum Gasteiger partial charge on any atom is -0.465 e. The van der Waals surface area contributed by atoms with Crippen LogP contribution in [0.1, 0.15) is 55.0 Å². The largest absolute Gasteiger partial charge is 0.465 e. The molecule has 1 unspecified atom stereocenters. The van der Waals surface area contributed by atoms with Gasteiger partial charge >= 0.3 is 0 Å². The first kappa shape index (κ1) is 15.8. The maximum Gasteiger partial charge on any atom is 0.178 e. The van der Waals surface area contributed by atoms with Crippen LogP contribution >= 0.6 is 0 Å². The number of rotatable bonds is 6. The fourth-order valence-corrected chi connectivity index (χ4v) is 3.79. The summed E-state index contributed by atoms with van der Waals surface area (Å²) in [6.07, 6.45) is 4.89. The van der Waals surface area contributed by atoms with Gasteiger partial charge in [-0.3, -0.25) is 4.90 Å². The average Bonchev–Trinajstić information content (AvgIpc) is 3.04. The number of nitrogens with one attached hydrogen (secondary N) is 1. The molecule has 0 amide bonds. The Balaban J connectivity index is 1.37. The predicted octanol–water partition coefficient (Wildman–Crippen LogP) is 3.15. The van der Waals surface area contributed by atoms with E-state index in [1.165, 1.54) is 25.7 Å². The van der Waals surface area contributed by atoms with Crippen LogP contribution in [0, 0.1) is 6.92 Å². The molecule has 2 fully saturated rings. The number of aromatic nitrogens is 4. The third kappa shape index (κ3) is 2.96. The molecule has 0 aromatic carbocycles. The van der Waals surface area contributed by atoms with Crippen molar-refractivity contribution in [3.8, 4) is 0 Å². The molecule has 1 aliphatic carbocycles. The Labute approximate surface area is 152 Å². The molecule has 5 rings (SSSR count). The van der Waals surface area contributed by atoms with Crippen molar-refractivity contribution >= 4 is 11.5 Å². The van der Waals surface area contributed by atoms with E-state index in [0.29, 0.717) is 5.92 Å². The molecule has 0 spiro atoms. The number of hydrogen-bond acceptors (Lipinski definition) is 6. The zero-order valence-electron chi connectivity index (χ0n) is 15.1. The van der Waals surface area contributed by atoms with Crippen molar-refractivity contribution in [2.75, 3.05) is 25.0 Å². The van der Waals surface area contributed by atoms with E-state index < -0.39 is 0 Å². The molecule has 1 saturated heterocycles. The molecule has 7 heteroatoms. The highest BCUT2D eigenvalue weighted by molar-refractivity contribution is 5.44. The summed E-state index contributed by atoms with van der Waals surface area (Å²) >= 11 is 0. The summed E-state index contributed by atoms with van der Waals surface area (Å²) in [5.41, 5.74) is 0.815. The number of hydrogen-bond donors (Lipinski definition) is 1. The lowest BCUT2D eigenvalue weighted by Gasteiger charge is -2.26. The third-order valence-electron chi connectivity index (χ3n) is 5.38. The predicted molar refractivity (Wildman–Crippen MR) is 98.2 cm³/mol. The highest BCUT2D eigenvalue weighted by Crippen LogP contribution is 2.38. The summed E-state index contributed by atoms with van der Waals surface area (Å²) in [6, 6.07) is 8.33. The van der Waals surface area contributed by atoms with E-state index in [9.17, 15) is 0 Å². The van der Waals surface area contributed by atoms with Crippen LogP contribution in [-0.2, 0) is 0 Å². The van der Waals surface area contributed by atoms with E-state index in [0.717, 1.165) is 48.4 Å². The summed E-state index contributed by atoms with van der Waals surface area (Å²) in [7, 11) is 0. The van der Waals surface area contributed by atoms with Gasteiger partial charge in [-0.15, -0.1) is 15.3 Å². The van der Waals surface area contributed by atoms with Crippen molar-refractivity contribution in [1.29, 1.82) is 0 Å². The van der Waals surface area contributed by atoms with E-state index >= 15 is 0 Å². The van der Waals surface area contributed by atoms with E-state index in [-0.39, 0.29) is 6.04 Å². The van der Waals surface area contributed by atoms with Gasteiger partial charge in [0.25, 0.3) is 0 Å². The van der Waals surface area contributed by atoms with Crippen LogP contribution in [0.25, 0.3) is 5.65 Å². The van der Waals surface area contributed by atoms with Crippen molar-refractivity contribution < 1.29 is 4.42 Å². The van der Waals surface area contributed by atoms with Gasteiger partial charge in [0.2, 0.25) is 0 Å². The standard InChI is InChI=1S/C19H24N6O/c1-13-4-7-16(26-13)15(24-10-2-3-11-24)12-20-17-8-9-18-21-22-19(14-5-6-14)25(18)23-17/h4,7-9,14-15H,2-3,5-6,10-12H2,1H3,(H,20,23). The fourth-order valence-electron chi connectivity index (χ4n) is 3.79. The lowest BCUT2D eigenvalue weighted by molar-refractivity contribution is 0.223. The second-order valence-electron chi connectivity index (χ2n) is 7.41. The van der Waals surface area contributed by atoms with Crippen molar-refractivity contribution in [2.45, 2.75) is 44.6 Å². The molecule has 0 bridgehead atoms. The molecular formula is C19H24N6O. The summed E-state index contributed by atoms with van der Waals surface area (Å²) in [5, 5.41) is 16.8. The normalized spacial score (nSPS) is 19.3. The molecule has 136 valence electrons. The molecule has 0 radical (unpaired) electrons. The van der Waals surface area contributed by atoms with Gasteiger partial charge in [0, 0.05) is 12.5 Å². The van der Waals surface area contributed by atoms with E-state index in [2.05, 4.69) is 26.5 Å². The maximum absolute atomic E-state index is 5.94. The summed E-state index contributed by atoms with van der Waals surface area (Å²) in [4.78, 5) is 2.50. The van der Waals surface area contributed by atoms with E-state index in [4.69, 9.17) is 9.52 Å². The van der Waals surface area contributed by atoms with Crippen molar-refractivity contribution in [3.63, 3.8) is 0 Å². The monoisotopic (exact) mass is 352 g/mol. The van der Waals surface area contributed by atoms with Crippen LogP contribution in [0.2, 0.25) is 0 Å². The number of anilines is 1. The Morgan fingerprint density at radius 2 is 2.00 bits per heavy atom. The highest BCUT2D eigenvalue weighted by Gasteiger charge is 2.29. The molecule has 3 aromatic heterocycles. The molecule has 1 aliphatic heterocycles. The van der Waals surface area contributed by atoms with Gasteiger partial charge in [-0.1, -0.05) is 0 Å². The minimum atomic E-state index is 0.229. The zero-order chi connectivity index (χ0) is 17.5. The molecule has 1 atom stereocenters. The summed E-state index contributed by atoms with van der Waals surface area (Å²) in [6.45, 7) is 5.01. The third-order valence-corrected chi connectivity index (χ3v) is 5.38. The topological polar surface area (TPSA) is 71.5 Å². The van der Waals surface area contributed by atoms with Crippen LogP contribution in [0.4, 0.5) is 5.82 Å². The molecule has 1 N–H and O–H groups in total. The smallest absolute Gasteiger partial charge is 0.178 e. The van der Waals surface area contributed by atoms with Crippen LogP contribution in [0.5, 0.6) is 0 Å². The molecule has 26 heavy (non-hydrogen) atoms. The Bertz CT molecular complexity index is 906. The highest BCUT2D eigenvalue weighted by atomic mass is 16.3. The van der Waals surface area contributed by atoms with Crippen LogP contribution in [-0.4, -0.2) is 44.3 Å². The lowest BCUT2D eigenvalue weighted by atomic mass is 10.2. The molecule has 2 aliphatic rings. The maximum atomic E-state index is 5.94. The number of nitrogens with zero attached hydrogens (tertiary/aromatic N) is 5. The van der Waals surface area contributed by atoms with Gasteiger partial charge in [0.05, 0.1) is 6.04 Å². The number of fused-ring (bicyclic) bond motifs is 1. The number of aryl methyl sites for hydroxylation is 1. The fraction of sp³-hybridized carbons (Fsp3) is 0.526. The Hall–Kier alpha value is -2.41. The first-order chi connectivity index (χ1) is 12.8. The first-order valence-corrected chi connectivity index (χ1v) is 9.54. The van der Waals surface area contributed by atoms with Crippen LogP contribution in [0.15, 0.2) is 28.7 Å². The van der Waals surface area contributed by atoms with Crippen LogP contribution in [0.3, 0.4) is 0 Å². The molecule has 3 aromatic rings. The van der Waals surface area contributed by atoms with Crippen molar-refractivity contribution in [1.82, 2.24) is 24.7 Å². The Morgan fingerprint density at radius 1 is 1.15 bits per heavy atom. The van der Waals surface area contributed by atoms with Crippen molar-refractivity contribution in [3.05, 3.63) is 41.6 Å². The lowest BCUT2D eigenvalue weighted by Crippen LogP contribution is -2.31. The van der Waals surface area contributed by atoms with Crippen LogP contribution < -0.4 is 5.32 Å². The second-order valence-corrected chi connectivity index (χ2v) is 7.41. The zero-order valence-corrected chi connectivity index (χ0v) is 15.1. The number of furan rings is 1. The SMILES string of the molecule is Cc1ccc(C(CNc2ccc3nnc(C4CC4)n3n2)N2CCCC2)o1. The van der Waals surface area contributed by atoms with E-state index in [1.54, 1.807) is 0 Å². The van der Waals surface area contributed by atoms with Gasteiger partial charge in [-0.05, 0) is 70.0 Å². The quantitative estimate of drug-likeness (QED) is 0.735. The van der Waals surface area contributed by atoms with Gasteiger partial charge in [-0.2, -0.15) is 4.52 Å². The van der Waals surface area contributed by atoms with Crippen molar-refractivity contribution in [2.24, 2.45) is 0 Å². The summed E-state index contributed by atoms with van der Waals surface area (Å²) in [5.74, 6) is 4.35. The number of likely N-dealkylation sites (tertiary alicyclic amines) is 1. The Morgan fingerprint density at radius 3 is 2.73 bits per heavy atom. The molecular weight excluding hydrogens is 328 g/mol. The van der Waals surface area contributed by atoms with Gasteiger partial charge in [0.1, 0.15) is 17.3 Å². The van der Waals surface area contributed by atoms with Gasteiger partial charge in [0.15, 0.2) is 11.5 Å². The van der Waals surface area contributed by atoms with Gasteiger partial charge in [-0.25, -0.2) is 0 Å². The van der Waals surface area contributed by atoms with E-state index in [1.807, 2.05) is 29.6 Å². The Kier molecular flexibility index (Phi) is 3.89. The first-order valence-electron chi connectivity index (χ1n) is 9.54. The molecule has 1 saturated carbocycles. The average molecular weight is 352 g/mol. The second kappa shape index (κ2) is 6.39. The minimum absolute atomic E-state index is 0.229. The summed E-state index contributed by atoms with van der Waals surface area (Å²) < 4.78 is 7.83. The molecule has 4 heterocycles. The molecule has 7 nitrogen and oxygen atoms in total. The van der Waals surface area contributed by atoms with Gasteiger partial charge < -0.3 is 9.73 Å².